The van der Waals surface area contributed by atoms with Crippen LogP contribution in [0.25, 0.3) is 10.9 Å². The molecule has 1 aliphatic heterocycles. The van der Waals surface area contributed by atoms with Gasteiger partial charge >= 0.3 is 0 Å². The molecule has 3 aromatic carbocycles. The molecule has 2 heterocycles. The third-order valence-corrected chi connectivity index (χ3v) is 7.28. The highest BCUT2D eigenvalue weighted by Crippen LogP contribution is 2.37. The monoisotopic (exact) mass is 434 g/mol. The standard InChI is InChI=1S/C29H30N4/c1-3-10-22(11-4-1)27(23-12-5-2-6-13-23)32-18-20-33(21-19-32)29-25-16-7-8-17-26(25)30-28(31-29)24-14-9-15-24/h1-8,10-13,16-17,24,27H,9,14-15,18-21H2. The lowest BCUT2D eigenvalue weighted by Gasteiger charge is -2.40. The molecule has 0 N–H and O–H groups in total. The molecule has 0 spiro atoms. The number of benzene rings is 3. The summed E-state index contributed by atoms with van der Waals surface area (Å²) in [6.07, 6.45) is 3.75. The molecule has 4 aromatic rings. The molecule has 166 valence electrons. The molecule has 4 nitrogen and oxygen atoms in total. The Morgan fingerprint density at radius 3 is 1.88 bits per heavy atom. The summed E-state index contributed by atoms with van der Waals surface area (Å²) in [5.74, 6) is 2.71. The third kappa shape index (κ3) is 4.00. The van der Waals surface area contributed by atoms with Crippen LogP contribution in [0, 0.1) is 0 Å². The Kier molecular flexibility index (Phi) is 5.53. The Balaban J connectivity index is 1.29. The van der Waals surface area contributed by atoms with E-state index >= 15 is 0 Å². The maximum absolute atomic E-state index is 5.13. The number of rotatable bonds is 5. The van der Waals surface area contributed by atoms with Gasteiger partial charge in [0, 0.05) is 37.5 Å². The van der Waals surface area contributed by atoms with Crippen molar-refractivity contribution in [3.63, 3.8) is 0 Å². The average Bonchev–Trinajstić information content (AvgIpc) is 2.85. The minimum Gasteiger partial charge on any atom is -0.353 e. The second kappa shape index (κ2) is 8.95. The fraction of sp³-hybridized carbons (Fsp3) is 0.310. The van der Waals surface area contributed by atoms with Crippen molar-refractivity contribution in [3.8, 4) is 0 Å². The van der Waals surface area contributed by atoms with E-state index in [0.29, 0.717) is 5.92 Å². The number of fused-ring (bicyclic) bond motifs is 1. The molecule has 33 heavy (non-hydrogen) atoms. The van der Waals surface area contributed by atoms with E-state index in [0.717, 1.165) is 43.3 Å². The van der Waals surface area contributed by atoms with E-state index in [4.69, 9.17) is 9.97 Å². The molecule has 1 saturated heterocycles. The molecule has 2 fully saturated rings. The van der Waals surface area contributed by atoms with Crippen molar-refractivity contribution in [1.29, 1.82) is 0 Å². The lowest BCUT2D eigenvalue weighted by Crippen LogP contribution is -2.48. The van der Waals surface area contributed by atoms with Crippen molar-refractivity contribution in [1.82, 2.24) is 14.9 Å². The summed E-state index contributed by atoms with van der Waals surface area (Å²) >= 11 is 0. The van der Waals surface area contributed by atoms with Crippen LogP contribution in [0.1, 0.15) is 48.2 Å². The first kappa shape index (κ1) is 20.4. The summed E-state index contributed by atoms with van der Waals surface area (Å²) in [4.78, 5) is 15.2. The summed E-state index contributed by atoms with van der Waals surface area (Å²) in [7, 11) is 0. The van der Waals surface area contributed by atoms with E-state index < -0.39 is 0 Å². The quantitative estimate of drug-likeness (QED) is 0.397. The van der Waals surface area contributed by atoms with Crippen LogP contribution in [0.5, 0.6) is 0 Å². The van der Waals surface area contributed by atoms with Gasteiger partial charge in [0.05, 0.1) is 11.6 Å². The highest BCUT2D eigenvalue weighted by molar-refractivity contribution is 5.89. The second-order valence-corrected chi connectivity index (χ2v) is 9.30. The van der Waals surface area contributed by atoms with Gasteiger partial charge in [-0.05, 0) is 36.1 Å². The summed E-state index contributed by atoms with van der Waals surface area (Å²) < 4.78 is 0. The normalized spacial score (nSPS) is 17.4. The van der Waals surface area contributed by atoms with Crippen molar-refractivity contribution in [2.24, 2.45) is 0 Å². The van der Waals surface area contributed by atoms with Gasteiger partial charge in [-0.3, -0.25) is 4.90 Å². The van der Waals surface area contributed by atoms with Gasteiger partial charge in [-0.1, -0.05) is 79.2 Å². The van der Waals surface area contributed by atoms with Gasteiger partial charge in [0.2, 0.25) is 0 Å². The molecule has 0 amide bonds. The van der Waals surface area contributed by atoms with E-state index in [1.165, 1.54) is 35.8 Å². The van der Waals surface area contributed by atoms with Crippen LogP contribution in [0.2, 0.25) is 0 Å². The zero-order chi connectivity index (χ0) is 22.0. The molecular formula is C29H30N4. The molecule has 2 aliphatic rings. The number of nitrogens with zero attached hydrogens (tertiary/aromatic N) is 4. The minimum atomic E-state index is 0.280. The first-order valence-electron chi connectivity index (χ1n) is 12.2. The van der Waals surface area contributed by atoms with Crippen molar-refractivity contribution in [2.45, 2.75) is 31.2 Å². The highest BCUT2D eigenvalue weighted by Gasteiger charge is 2.29. The zero-order valence-electron chi connectivity index (χ0n) is 19.0. The van der Waals surface area contributed by atoms with Gasteiger partial charge in [0.15, 0.2) is 0 Å². The van der Waals surface area contributed by atoms with Gasteiger partial charge in [0.1, 0.15) is 11.6 Å². The molecule has 1 aliphatic carbocycles. The number of hydrogen-bond donors (Lipinski definition) is 0. The van der Waals surface area contributed by atoms with E-state index in [1.54, 1.807) is 0 Å². The fourth-order valence-corrected chi connectivity index (χ4v) is 5.24. The first-order chi connectivity index (χ1) is 16.4. The van der Waals surface area contributed by atoms with Gasteiger partial charge in [-0.15, -0.1) is 0 Å². The summed E-state index contributed by atoms with van der Waals surface area (Å²) in [5, 5.41) is 1.18. The van der Waals surface area contributed by atoms with Gasteiger partial charge in [-0.2, -0.15) is 0 Å². The van der Waals surface area contributed by atoms with Crippen molar-refractivity contribution < 1.29 is 0 Å². The van der Waals surface area contributed by atoms with E-state index in [9.17, 15) is 0 Å². The van der Waals surface area contributed by atoms with Crippen LogP contribution in [-0.2, 0) is 0 Å². The molecule has 1 aromatic heterocycles. The molecule has 0 unspecified atom stereocenters. The second-order valence-electron chi connectivity index (χ2n) is 9.30. The SMILES string of the molecule is c1ccc(C(c2ccccc2)N2CCN(c3nc(C4CCC4)nc4ccccc34)CC2)cc1. The zero-order valence-corrected chi connectivity index (χ0v) is 19.0. The Morgan fingerprint density at radius 2 is 1.27 bits per heavy atom. The summed E-state index contributed by atoms with van der Waals surface area (Å²) in [6, 6.07) is 30.6. The molecule has 0 atom stereocenters. The Bertz CT molecular complexity index is 1170. The maximum atomic E-state index is 5.13. The van der Waals surface area contributed by atoms with Gasteiger partial charge in [0.25, 0.3) is 0 Å². The largest absolute Gasteiger partial charge is 0.353 e. The van der Waals surface area contributed by atoms with E-state index in [2.05, 4.69) is 94.7 Å². The Hall–Kier alpha value is -3.24. The van der Waals surface area contributed by atoms with Crippen LogP contribution < -0.4 is 4.90 Å². The van der Waals surface area contributed by atoms with Crippen LogP contribution in [0.4, 0.5) is 5.82 Å². The first-order valence-corrected chi connectivity index (χ1v) is 12.2. The summed E-state index contributed by atoms with van der Waals surface area (Å²) in [5.41, 5.74) is 3.80. The third-order valence-electron chi connectivity index (χ3n) is 7.28. The van der Waals surface area contributed by atoms with Gasteiger partial charge < -0.3 is 4.90 Å². The average molecular weight is 435 g/mol. The van der Waals surface area contributed by atoms with Crippen molar-refractivity contribution >= 4 is 16.7 Å². The minimum absolute atomic E-state index is 0.280. The smallest absolute Gasteiger partial charge is 0.140 e. The predicted octanol–water partition coefficient (Wildman–Crippen LogP) is 5.81. The number of piperazine rings is 1. The molecule has 4 heteroatoms. The number of anilines is 1. The van der Waals surface area contributed by atoms with Crippen molar-refractivity contribution in [3.05, 3.63) is 102 Å². The van der Waals surface area contributed by atoms with Crippen LogP contribution >= 0.6 is 0 Å². The molecule has 6 rings (SSSR count). The maximum Gasteiger partial charge on any atom is 0.140 e. The number of para-hydroxylation sites is 1. The summed E-state index contributed by atoms with van der Waals surface area (Å²) in [6.45, 7) is 3.96. The van der Waals surface area contributed by atoms with Crippen LogP contribution in [-0.4, -0.2) is 41.0 Å². The van der Waals surface area contributed by atoms with Gasteiger partial charge in [-0.25, -0.2) is 9.97 Å². The van der Waals surface area contributed by atoms with Crippen molar-refractivity contribution in [2.75, 3.05) is 31.1 Å². The lowest BCUT2D eigenvalue weighted by molar-refractivity contribution is 0.212. The van der Waals surface area contributed by atoms with E-state index in [-0.39, 0.29) is 6.04 Å². The van der Waals surface area contributed by atoms with Crippen LogP contribution in [0.3, 0.4) is 0 Å². The predicted molar refractivity (Wildman–Crippen MR) is 135 cm³/mol. The fourth-order valence-electron chi connectivity index (χ4n) is 5.24. The lowest BCUT2D eigenvalue weighted by atomic mass is 9.85. The molecule has 0 radical (unpaired) electrons. The van der Waals surface area contributed by atoms with Crippen LogP contribution in [0.15, 0.2) is 84.9 Å². The molecule has 0 bridgehead atoms. The molecule has 1 saturated carbocycles. The highest BCUT2D eigenvalue weighted by atomic mass is 15.3. The number of hydrogen-bond acceptors (Lipinski definition) is 4. The van der Waals surface area contributed by atoms with E-state index in [1.807, 2.05) is 0 Å². The Labute approximate surface area is 195 Å². The molecular weight excluding hydrogens is 404 g/mol. The Morgan fingerprint density at radius 1 is 0.667 bits per heavy atom. The topological polar surface area (TPSA) is 32.3 Å². The number of aromatic nitrogens is 2.